The van der Waals surface area contributed by atoms with Crippen molar-refractivity contribution < 1.29 is 174 Å². The molecule has 3 aliphatic heterocycles. The summed E-state index contributed by atoms with van der Waals surface area (Å²) in [6, 6.07) is -1.45. The Balaban J connectivity index is 0.0000132. The zero-order valence-electron chi connectivity index (χ0n) is 37.7. The van der Waals surface area contributed by atoms with E-state index in [1.54, 1.807) is 24.6 Å². The topological polar surface area (TPSA) is 315 Å². The Kier molecular flexibility index (Phi) is 32.8. The predicted molar refractivity (Wildman–Crippen MR) is 211 cm³/mol. The van der Waals surface area contributed by atoms with Crippen LogP contribution in [0.1, 0.15) is 129 Å². The van der Waals surface area contributed by atoms with E-state index in [2.05, 4.69) is 9.18 Å². The molecule has 0 radical (unpaired) electrons. The van der Waals surface area contributed by atoms with E-state index in [-0.39, 0.29) is 138 Å². The first-order valence-corrected chi connectivity index (χ1v) is 24.9. The Hall–Kier alpha value is 0.640. The molecule has 0 aromatic rings. The Bertz CT molecular complexity index is 1780. The van der Waals surface area contributed by atoms with Gasteiger partial charge in [0.25, 0.3) is 0 Å². The number of unbranched alkanes of at least 4 members (excludes halogenated alkanes) is 3. The minimum atomic E-state index is -5.16. The second-order valence-electron chi connectivity index (χ2n) is 15.9. The summed E-state index contributed by atoms with van der Waals surface area (Å²) in [6.07, 6.45) is 9.63. The number of allylic oxidation sites excluding steroid dienone is 1. The Morgan fingerprint density at radius 2 is 1.58 bits per heavy atom. The number of cyclic esters (lactones) is 1. The molecule has 0 saturated carbocycles. The van der Waals surface area contributed by atoms with Crippen LogP contribution in [0.5, 0.6) is 0 Å². The molecule has 0 aliphatic carbocycles. The van der Waals surface area contributed by atoms with E-state index in [4.69, 9.17) is 27.9 Å². The number of carbonyl (C=O) groups is 2. The van der Waals surface area contributed by atoms with Gasteiger partial charge in [0.1, 0.15) is 24.9 Å². The van der Waals surface area contributed by atoms with Gasteiger partial charge < -0.3 is 37.9 Å². The van der Waals surface area contributed by atoms with E-state index in [0.717, 1.165) is 25.7 Å². The van der Waals surface area contributed by atoms with Crippen molar-refractivity contribution in [2.24, 2.45) is 10.9 Å². The van der Waals surface area contributed by atoms with Gasteiger partial charge >= 0.3 is 111 Å². The van der Waals surface area contributed by atoms with Crippen LogP contribution < -0.4 is 98.5 Å². The van der Waals surface area contributed by atoms with Gasteiger partial charge in [-0.3, -0.25) is 23.3 Å². The molecule has 3 aliphatic rings. The summed E-state index contributed by atoms with van der Waals surface area (Å²) in [4.78, 5) is 29.2. The summed E-state index contributed by atoms with van der Waals surface area (Å²) >= 11 is 0. The van der Waals surface area contributed by atoms with Crippen LogP contribution in [0, 0.1) is 5.92 Å². The van der Waals surface area contributed by atoms with Gasteiger partial charge in [0.05, 0.1) is 37.4 Å². The summed E-state index contributed by atoms with van der Waals surface area (Å²) in [7, 11) is -15.2. The van der Waals surface area contributed by atoms with Crippen molar-refractivity contribution in [3.05, 3.63) is 12.2 Å². The van der Waals surface area contributed by atoms with Crippen LogP contribution in [-0.4, -0.2) is 125 Å². The Morgan fingerprint density at radius 3 is 2.25 bits per heavy atom. The number of carbonyl (C=O) groups excluding carboxylic acids is 2. The fourth-order valence-corrected chi connectivity index (χ4v) is 8.83. The van der Waals surface area contributed by atoms with Crippen LogP contribution in [0.4, 0.5) is 0 Å². The van der Waals surface area contributed by atoms with Crippen molar-refractivity contribution in [3.63, 3.8) is 0 Å². The van der Waals surface area contributed by atoms with Crippen molar-refractivity contribution in [1.82, 2.24) is 4.72 Å². The molecule has 7 atom stereocenters. The Morgan fingerprint density at radius 1 is 0.922 bits per heavy atom. The van der Waals surface area contributed by atoms with Crippen molar-refractivity contribution in [2.75, 3.05) is 26.4 Å². The van der Waals surface area contributed by atoms with E-state index >= 15 is 0 Å². The normalized spacial score (nSPS) is 25.9. The van der Waals surface area contributed by atoms with Crippen molar-refractivity contribution >= 4 is 48.9 Å². The van der Waals surface area contributed by atoms with Crippen molar-refractivity contribution in [2.45, 2.75) is 172 Å². The molecule has 3 rings (SSSR count). The second-order valence-corrected chi connectivity index (χ2v) is 19.1. The first-order chi connectivity index (χ1) is 28.6. The number of fused-ring (bicyclic) bond motifs is 3. The number of hydrogen-bond acceptors (Lipinski definition) is 19. The smallest absolute Gasteiger partial charge is 0.859 e. The molecular formula is C37H61N2Na3O19S3. The van der Waals surface area contributed by atoms with Gasteiger partial charge in [-0.1, -0.05) is 70.9 Å². The monoisotopic (exact) mass is 1000 g/mol. The van der Waals surface area contributed by atoms with Gasteiger partial charge in [-0.2, -0.15) is 8.42 Å². The molecule has 3 unspecified atom stereocenters. The molecule has 2 saturated heterocycles. The quantitative estimate of drug-likeness (QED) is 0.0400. The molecule has 21 nitrogen and oxygen atoms in total. The van der Waals surface area contributed by atoms with Crippen molar-refractivity contribution in [1.29, 1.82) is 0 Å². The largest absolute Gasteiger partial charge is 1.00 e. The zero-order chi connectivity index (χ0) is 45.1. The maximum atomic E-state index is 12.9. The third kappa shape index (κ3) is 28.3. The maximum absolute atomic E-state index is 12.9. The van der Waals surface area contributed by atoms with E-state index < -0.39 is 86.8 Å². The van der Waals surface area contributed by atoms with Gasteiger partial charge in [0.2, 0.25) is 10.4 Å². The summed E-state index contributed by atoms with van der Waals surface area (Å²) in [5.41, 5.74) is 0. The molecule has 27 heteroatoms. The summed E-state index contributed by atoms with van der Waals surface area (Å²) < 4.78 is 139. The van der Waals surface area contributed by atoms with Crippen LogP contribution in [0.3, 0.4) is 0 Å². The molecule has 64 heavy (non-hydrogen) atoms. The minimum Gasteiger partial charge on any atom is -0.859 e. The number of hydrogen-bond donors (Lipinski definition) is 2. The van der Waals surface area contributed by atoms with Gasteiger partial charge in [-0.25, -0.2) is 25.7 Å². The van der Waals surface area contributed by atoms with Gasteiger partial charge in [0, 0.05) is 25.9 Å². The van der Waals surface area contributed by atoms with Crippen LogP contribution in [-0.2, 0) is 72.7 Å². The molecule has 2 fully saturated rings. The molecule has 2 N–H and O–H groups in total. The van der Waals surface area contributed by atoms with Gasteiger partial charge in [-0.15, -0.1) is 0 Å². The van der Waals surface area contributed by atoms with Crippen LogP contribution in [0.2, 0.25) is 0 Å². The fourth-order valence-electron chi connectivity index (χ4n) is 7.42. The molecule has 0 aromatic carbocycles. The number of esters is 2. The second kappa shape index (κ2) is 32.5. The average molecular weight is 1000 g/mol. The number of ether oxygens (including phenoxy) is 5. The first kappa shape index (κ1) is 64.6. The third-order valence-corrected chi connectivity index (χ3v) is 11.8. The minimum absolute atomic E-state index is 0. The fraction of sp³-hybridized carbons (Fsp3) is 0.865. The van der Waals surface area contributed by atoms with Crippen molar-refractivity contribution in [3.8, 4) is 0 Å². The molecule has 3 heterocycles. The van der Waals surface area contributed by atoms with E-state index in [1.807, 2.05) is 0 Å². The molecule has 354 valence electrons. The molecular weight excluding hydrogens is 942 g/mol. The van der Waals surface area contributed by atoms with Gasteiger partial charge in [0.15, 0.2) is 16.1 Å². The molecule has 1 spiro atoms. The van der Waals surface area contributed by atoms with Crippen LogP contribution in [0.15, 0.2) is 17.1 Å². The number of nitrogens with zero attached hydrogens (tertiary/aromatic N) is 1. The zero-order valence-corrected chi connectivity index (χ0v) is 46.2. The van der Waals surface area contributed by atoms with E-state index in [1.165, 1.54) is 6.08 Å². The molecule has 3 bridgehead atoms. The SMILES string of the molecule is CC(C)C(=O)O[C@H]1C[C@@H]2O[C@@]3(CCCCCCC(C(CCCCCCOCC(COS(=O)(=O)[O-])NS(=O)(=O)[O-])OS(=O)(=O)O)OC(=O)CN=C([O-])/C=C\CCCCC[C@H]2O3)C1.[Na+].[Na+].[Na+]. The van der Waals surface area contributed by atoms with E-state index in [0.29, 0.717) is 77.0 Å². The first-order valence-electron chi connectivity index (χ1n) is 20.8. The standard InChI is InChI=1S/C37H64N2O19S3.3Na/c1-27(2)36(42)54-29-22-33-31-17-11-4-3-5-13-19-34(40)38-24-35(41)55-30(16-10-6-8-14-20-37(23-29,56-31)57-33)32(58-61(49,50)51)18-12-7-9-15-21-52-25-28(39-59(43,44)45)26-53-60(46,47)48;;;/h13,19,27-33,39H,3-12,14-18,20-26H2,1-2H3,(H,38,40)(H,43,44,45)(H,46,47,48)(H,49,50,51);;;/q;3*+1/p-3/b19-13-;;;/t28?,29-,30?,31+,32?,33-,37-;;;/m0.../s1. The maximum Gasteiger partial charge on any atom is 1.00 e. The molecule has 0 amide bonds. The Labute approximate surface area is 444 Å². The summed E-state index contributed by atoms with van der Waals surface area (Å²) in [5, 5.41) is 12.4. The summed E-state index contributed by atoms with van der Waals surface area (Å²) in [6.45, 7) is 1.53. The number of rotatable bonds is 19. The number of aliphatic imine (C=N–C) groups is 1. The van der Waals surface area contributed by atoms with Crippen LogP contribution in [0.25, 0.3) is 0 Å². The number of nitrogens with one attached hydrogen (secondary N) is 1. The van der Waals surface area contributed by atoms with Crippen LogP contribution >= 0.6 is 0 Å². The third-order valence-electron chi connectivity index (χ3n) is 10.2. The predicted octanol–water partition coefficient (Wildman–Crippen LogP) is -6.58. The van der Waals surface area contributed by atoms with Gasteiger partial charge in [-0.05, 0) is 57.3 Å². The summed E-state index contributed by atoms with van der Waals surface area (Å²) in [5.74, 6) is -2.97. The van der Waals surface area contributed by atoms with E-state index in [9.17, 15) is 53.6 Å². The average Bonchev–Trinajstić information content (AvgIpc) is 3.40. The molecule has 0 aromatic heterocycles.